The Bertz CT molecular complexity index is 1650. The molecule has 2 aliphatic heterocycles. The first-order chi connectivity index (χ1) is 22.2. The summed E-state index contributed by atoms with van der Waals surface area (Å²) in [5.74, 6) is -0.280. The van der Waals surface area contributed by atoms with Crippen LogP contribution in [0.1, 0.15) is 37.4 Å². The number of likely N-dealkylation sites (N-methyl/N-ethyl adjacent to an activating group) is 1. The molecule has 1 aliphatic carbocycles. The lowest BCUT2D eigenvalue weighted by molar-refractivity contribution is -0.131. The zero-order valence-corrected chi connectivity index (χ0v) is 27.2. The Morgan fingerprint density at radius 1 is 1.24 bits per heavy atom. The van der Waals surface area contributed by atoms with Crippen LogP contribution in [0.4, 0.5) is 15.9 Å². The number of benzene rings is 1. The Kier molecular flexibility index (Phi) is 9.57. The Labute approximate surface area is 274 Å². The van der Waals surface area contributed by atoms with Gasteiger partial charge in [0, 0.05) is 61.8 Å². The molecule has 3 aliphatic rings. The van der Waals surface area contributed by atoms with Crippen molar-refractivity contribution in [3.05, 3.63) is 70.7 Å². The highest BCUT2D eigenvalue weighted by atomic mass is 35.5. The molecule has 0 bridgehead atoms. The highest BCUT2D eigenvalue weighted by Crippen LogP contribution is 2.37. The van der Waals surface area contributed by atoms with E-state index in [9.17, 15) is 9.18 Å². The molecule has 1 aromatic carbocycles. The van der Waals surface area contributed by atoms with Gasteiger partial charge in [0.05, 0.1) is 29.1 Å². The second-order valence-electron chi connectivity index (χ2n) is 12.7. The van der Waals surface area contributed by atoms with E-state index in [-0.39, 0.29) is 19.2 Å². The summed E-state index contributed by atoms with van der Waals surface area (Å²) in [6.45, 7) is 16.8. The lowest BCUT2D eigenvalue weighted by Crippen LogP contribution is -2.57. The minimum absolute atomic E-state index is 0.0547. The van der Waals surface area contributed by atoms with Crippen molar-refractivity contribution in [1.82, 2.24) is 24.8 Å². The van der Waals surface area contributed by atoms with Gasteiger partial charge in [-0.05, 0) is 45.2 Å². The maximum Gasteiger partial charge on any atom is 0.318 e. The van der Waals surface area contributed by atoms with Gasteiger partial charge in [-0.15, -0.1) is 0 Å². The molecule has 2 fully saturated rings. The van der Waals surface area contributed by atoms with E-state index in [0.29, 0.717) is 43.6 Å². The molecule has 6 rings (SSSR count). The van der Waals surface area contributed by atoms with Crippen molar-refractivity contribution < 1.29 is 13.9 Å². The van der Waals surface area contributed by atoms with Crippen molar-refractivity contribution in [3.8, 4) is 6.01 Å². The normalized spacial score (nSPS) is 19.0. The van der Waals surface area contributed by atoms with E-state index in [4.69, 9.17) is 32.9 Å². The second-order valence-corrected chi connectivity index (χ2v) is 13.1. The van der Waals surface area contributed by atoms with Crippen LogP contribution >= 0.6 is 11.6 Å². The number of fused-ring (bicyclic) bond motifs is 2. The third-order valence-electron chi connectivity index (χ3n) is 9.32. The van der Waals surface area contributed by atoms with E-state index in [1.165, 1.54) is 24.2 Å². The van der Waals surface area contributed by atoms with Crippen LogP contribution in [0.3, 0.4) is 0 Å². The summed E-state index contributed by atoms with van der Waals surface area (Å²) in [6, 6.07) is 5.63. The van der Waals surface area contributed by atoms with Crippen molar-refractivity contribution in [2.45, 2.75) is 51.3 Å². The quantitative estimate of drug-likeness (QED) is 0.221. The summed E-state index contributed by atoms with van der Waals surface area (Å²) in [5.41, 5.74) is 2.80. The number of pyridine rings is 1. The number of anilines is 2. The van der Waals surface area contributed by atoms with Crippen molar-refractivity contribution in [2.24, 2.45) is 5.92 Å². The number of aromatic nitrogens is 3. The number of carbonyl (C=O) groups excluding carboxylic acids is 1. The lowest BCUT2D eigenvalue weighted by atomic mass is 9.85. The standard InChI is InChI=1S/C34H40ClFN8O2/c1-22(18-41(4)19-24-7-5-8-24)46-34-39-29-21-42(30-17-38-15-25-9-6-10-28(35)31(25)30)12-11-27(29)32(40-34)43-13-14-44(33(45)23(2)36)26(20-43)16-37-3/h6,9-10,15,17,22,24,26H,2,5,7-8,11-14,16,18-21H2,1,4H3/t22-,26-/m0/s1. The molecular weight excluding hydrogens is 607 g/mol. The number of nitrogens with zero attached hydrogens (tertiary/aromatic N) is 8. The van der Waals surface area contributed by atoms with E-state index < -0.39 is 17.8 Å². The zero-order valence-electron chi connectivity index (χ0n) is 26.5. The fourth-order valence-corrected chi connectivity index (χ4v) is 7.18. The Balaban J connectivity index is 1.31. The van der Waals surface area contributed by atoms with Gasteiger partial charge in [-0.2, -0.15) is 9.97 Å². The van der Waals surface area contributed by atoms with Crippen molar-refractivity contribution >= 4 is 39.8 Å². The molecule has 1 saturated heterocycles. The van der Waals surface area contributed by atoms with Gasteiger partial charge >= 0.3 is 6.01 Å². The van der Waals surface area contributed by atoms with Gasteiger partial charge in [0.25, 0.3) is 5.91 Å². The molecule has 0 unspecified atom stereocenters. The number of hydrogen-bond donors (Lipinski definition) is 0. The predicted octanol–water partition coefficient (Wildman–Crippen LogP) is 5.16. The van der Waals surface area contributed by atoms with Gasteiger partial charge in [0.2, 0.25) is 6.54 Å². The molecular formula is C34H40ClFN8O2. The van der Waals surface area contributed by atoms with Crippen LogP contribution < -0.4 is 14.5 Å². The minimum Gasteiger partial charge on any atom is -0.459 e. The fourth-order valence-electron chi connectivity index (χ4n) is 6.90. The molecule has 0 spiro atoms. The second kappa shape index (κ2) is 13.8. The average Bonchev–Trinajstić information content (AvgIpc) is 3.01. The molecule has 242 valence electrons. The van der Waals surface area contributed by atoms with E-state index in [1.807, 2.05) is 37.5 Å². The summed E-state index contributed by atoms with van der Waals surface area (Å²) in [6.07, 6.45) is 8.09. The number of ether oxygens (including phenoxy) is 1. The molecule has 4 heterocycles. The fraction of sp³-hybridized carbons (Fsp3) is 0.500. The maximum atomic E-state index is 13.9. The van der Waals surface area contributed by atoms with Gasteiger partial charge in [-0.1, -0.05) is 36.7 Å². The SMILES string of the molecule is [C-]#[N+]C[C@H]1CN(c2nc(O[C@@H](C)CN(C)CC3CCC3)nc3c2CCN(c2cncc4cccc(Cl)c24)C3)CCN1C(=O)C(=C)F. The number of amides is 1. The molecule has 1 saturated carbocycles. The first kappa shape index (κ1) is 32.0. The van der Waals surface area contributed by atoms with Crippen LogP contribution in [-0.2, 0) is 17.8 Å². The van der Waals surface area contributed by atoms with Crippen LogP contribution in [0.2, 0.25) is 5.02 Å². The van der Waals surface area contributed by atoms with E-state index >= 15 is 0 Å². The van der Waals surface area contributed by atoms with Gasteiger partial charge in [-0.3, -0.25) is 9.78 Å². The topological polar surface area (TPSA) is 82.3 Å². The number of halogens is 2. The third kappa shape index (κ3) is 6.74. The first-order valence-corrected chi connectivity index (χ1v) is 16.3. The molecule has 1 amide bonds. The summed E-state index contributed by atoms with van der Waals surface area (Å²) in [5, 5.41) is 2.59. The average molecular weight is 647 g/mol. The number of rotatable bonds is 10. The lowest BCUT2D eigenvalue weighted by Gasteiger charge is -2.41. The molecule has 0 radical (unpaired) electrons. The number of hydrogen-bond acceptors (Lipinski definition) is 8. The van der Waals surface area contributed by atoms with Gasteiger partial charge in [0.1, 0.15) is 18.0 Å². The van der Waals surface area contributed by atoms with Gasteiger partial charge < -0.3 is 29.2 Å². The first-order valence-electron chi connectivity index (χ1n) is 16.0. The molecule has 2 aromatic heterocycles. The van der Waals surface area contributed by atoms with Crippen molar-refractivity contribution in [3.63, 3.8) is 0 Å². The highest BCUT2D eigenvalue weighted by Gasteiger charge is 2.36. The largest absolute Gasteiger partial charge is 0.459 e. The number of carbonyl (C=O) groups is 1. The van der Waals surface area contributed by atoms with Crippen molar-refractivity contribution in [1.29, 1.82) is 0 Å². The monoisotopic (exact) mass is 646 g/mol. The summed E-state index contributed by atoms with van der Waals surface area (Å²) in [4.78, 5) is 38.6. The smallest absolute Gasteiger partial charge is 0.318 e. The van der Waals surface area contributed by atoms with Crippen LogP contribution in [0.5, 0.6) is 6.01 Å². The number of piperazine rings is 1. The van der Waals surface area contributed by atoms with Crippen LogP contribution in [-0.4, -0.2) is 95.7 Å². The van der Waals surface area contributed by atoms with Crippen molar-refractivity contribution in [2.75, 3.05) is 62.7 Å². The van der Waals surface area contributed by atoms with Crippen LogP contribution in [0.15, 0.2) is 43.0 Å². The molecule has 0 N–H and O–H groups in total. The van der Waals surface area contributed by atoms with Gasteiger partial charge in [-0.25, -0.2) is 11.0 Å². The summed E-state index contributed by atoms with van der Waals surface area (Å²) in [7, 11) is 2.13. The third-order valence-corrected chi connectivity index (χ3v) is 9.64. The molecule has 12 heteroatoms. The van der Waals surface area contributed by atoms with Crippen LogP contribution in [0, 0.1) is 12.5 Å². The van der Waals surface area contributed by atoms with Crippen LogP contribution in [0.25, 0.3) is 15.6 Å². The zero-order chi connectivity index (χ0) is 32.4. The Morgan fingerprint density at radius 2 is 2.07 bits per heavy atom. The van der Waals surface area contributed by atoms with E-state index in [2.05, 4.69) is 38.2 Å². The Hall–Kier alpha value is -4.01. The maximum absolute atomic E-state index is 13.9. The highest BCUT2D eigenvalue weighted by molar-refractivity contribution is 6.36. The summed E-state index contributed by atoms with van der Waals surface area (Å²) >= 11 is 6.68. The Morgan fingerprint density at radius 3 is 2.80 bits per heavy atom. The summed E-state index contributed by atoms with van der Waals surface area (Å²) < 4.78 is 20.3. The minimum atomic E-state index is -1.02. The molecule has 46 heavy (non-hydrogen) atoms. The van der Waals surface area contributed by atoms with E-state index in [1.54, 1.807) is 0 Å². The predicted molar refractivity (Wildman–Crippen MR) is 178 cm³/mol. The van der Waals surface area contributed by atoms with E-state index in [0.717, 1.165) is 52.5 Å². The molecule has 10 nitrogen and oxygen atoms in total. The molecule has 2 atom stereocenters. The van der Waals surface area contributed by atoms with Gasteiger partial charge in [0.15, 0.2) is 5.83 Å². The molecule has 3 aromatic rings.